The zero-order valence-corrected chi connectivity index (χ0v) is 8.91. The van der Waals surface area contributed by atoms with Crippen molar-refractivity contribution in [1.29, 1.82) is 0 Å². The summed E-state index contributed by atoms with van der Waals surface area (Å²) in [6.07, 6.45) is 0.302. The van der Waals surface area contributed by atoms with Crippen molar-refractivity contribution in [3.63, 3.8) is 0 Å². The Morgan fingerprint density at radius 3 is 2.86 bits per heavy atom. The molecule has 0 unspecified atom stereocenters. The van der Waals surface area contributed by atoms with E-state index in [1.165, 1.54) is 12.1 Å². The van der Waals surface area contributed by atoms with E-state index in [0.717, 1.165) is 6.07 Å². The van der Waals surface area contributed by atoms with Gasteiger partial charge in [-0.1, -0.05) is 11.6 Å². The average Bonchev–Trinajstić information content (AvgIpc) is 2.10. The Kier molecular flexibility index (Phi) is 4.22. The van der Waals surface area contributed by atoms with Crippen molar-refractivity contribution in [2.24, 2.45) is 0 Å². The molecule has 0 saturated heterocycles. The van der Waals surface area contributed by atoms with Gasteiger partial charge in [0.2, 0.25) is 5.91 Å². The lowest BCUT2D eigenvalue weighted by Crippen LogP contribution is -2.11. The second-order valence-corrected chi connectivity index (χ2v) is 3.50. The SMILES string of the molecule is O=C(CCS)Nc1ccc(F)cc1Cl. The molecule has 0 aliphatic heterocycles. The summed E-state index contributed by atoms with van der Waals surface area (Å²) in [6, 6.07) is 3.81. The van der Waals surface area contributed by atoms with Gasteiger partial charge in [-0.2, -0.15) is 12.6 Å². The summed E-state index contributed by atoms with van der Waals surface area (Å²) in [5, 5.41) is 2.74. The highest BCUT2D eigenvalue weighted by Gasteiger charge is 2.05. The Morgan fingerprint density at radius 1 is 1.57 bits per heavy atom. The number of benzene rings is 1. The second-order valence-electron chi connectivity index (χ2n) is 2.65. The molecule has 14 heavy (non-hydrogen) atoms. The fourth-order valence-corrected chi connectivity index (χ4v) is 1.32. The van der Waals surface area contributed by atoms with Crippen LogP contribution in [0.4, 0.5) is 10.1 Å². The molecule has 1 N–H and O–H groups in total. The van der Waals surface area contributed by atoms with Crippen molar-refractivity contribution < 1.29 is 9.18 Å². The maximum absolute atomic E-state index is 12.6. The van der Waals surface area contributed by atoms with Gasteiger partial charge < -0.3 is 5.32 Å². The number of rotatable bonds is 3. The summed E-state index contributed by atoms with van der Waals surface area (Å²) in [7, 11) is 0. The summed E-state index contributed by atoms with van der Waals surface area (Å²) in [5.41, 5.74) is 0.417. The Bertz CT molecular complexity index is 346. The third kappa shape index (κ3) is 3.20. The molecule has 0 aliphatic rings. The summed E-state index contributed by atoms with van der Waals surface area (Å²) < 4.78 is 12.6. The van der Waals surface area contributed by atoms with E-state index in [0.29, 0.717) is 17.9 Å². The molecule has 0 radical (unpaired) electrons. The minimum absolute atomic E-state index is 0.187. The first-order valence-electron chi connectivity index (χ1n) is 3.99. The van der Waals surface area contributed by atoms with Gasteiger partial charge in [-0.3, -0.25) is 4.79 Å². The van der Waals surface area contributed by atoms with Crippen LogP contribution in [-0.4, -0.2) is 11.7 Å². The quantitative estimate of drug-likeness (QED) is 0.773. The first-order valence-corrected chi connectivity index (χ1v) is 5.00. The third-order valence-electron chi connectivity index (χ3n) is 1.54. The molecular formula is C9H9ClFNOS. The fraction of sp³-hybridized carbons (Fsp3) is 0.222. The molecule has 5 heteroatoms. The number of hydrogen-bond donors (Lipinski definition) is 2. The van der Waals surface area contributed by atoms with Crippen molar-refractivity contribution in [2.75, 3.05) is 11.1 Å². The number of halogens is 2. The molecule has 1 aromatic rings. The molecule has 0 bridgehead atoms. The number of nitrogens with one attached hydrogen (secondary N) is 1. The predicted octanol–water partition coefficient (Wildman–Crippen LogP) is 2.74. The Morgan fingerprint density at radius 2 is 2.29 bits per heavy atom. The van der Waals surface area contributed by atoms with Crippen LogP contribution in [-0.2, 0) is 4.79 Å². The number of anilines is 1. The van der Waals surface area contributed by atoms with E-state index in [1.807, 2.05) is 0 Å². The van der Waals surface area contributed by atoms with Gasteiger partial charge in [-0.25, -0.2) is 4.39 Å². The van der Waals surface area contributed by atoms with Gasteiger partial charge in [0.1, 0.15) is 5.82 Å². The normalized spacial score (nSPS) is 9.93. The monoisotopic (exact) mass is 233 g/mol. The van der Waals surface area contributed by atoms with Crippen molar-refractivity contribution in [3.8, 4) is 0 Å². The van der Waals surface area contributed by atoms with Crippen LogP contribution in [0, 0.1) is 5.82 Å². The maximum atomic E-state index is 12.6. The molecule has 1 amide bonds. The first-order chi connectivity index (χ1) is 6.63. The lowest BCUT2D eigenvalue weighted by atomic mass is 10.3. The smallest absolute Gasteiger partial charge is 0.225 e. The van der Waals surface area contributed by atoms with Crippen LogP contribution in [0.2, 0.25) is 5.02 Å². The Hall–Kier alpha value is -0.740. The topological polar surface area (TPSA) is 29.1 Å². The Labute approximate surface area is 91.9 Å². The molecule has 1 rings (SSSR count). The fourth-order valence-electron chi connectivity index (χ4n) is 0.905. The van der Waals surface area contributed by atoms with Crippen molar-refractivity contribution in [1.82, 2.24) is 0 Å². The van der Waals surface area contributed by atoms with Gasteiger partial charge in [-0.15, -0.1) is 0 Å². The number of thiol groups is 1. The van der Waals surface area contributed by atoms with Crippen LogP contribution in [0.5, 0.6) is 0 Å². The number of hydrogen-bond acceptors (Lipinski definition) is 2. The molecule has 2 nitrogen and oxygen atoms in total. The molecule has 0 fully saturated rings. The lowest BCUT2D eigenvalue weighted by Gasteiger charge is -2.05. The van der Waals surface area contributed by atoms with E-state index in [-0.39, 0.29) is 10.9 Å². The number of amides is 1. The van der Waals surface area contributed by atoms with Gasteiger partial charge in [0.25, 0.3) is 0 Å². The molecular weight excluding hydrogens is 225 g/mol. The van der Waals surface area contributed by atoms with Gasteiger partial charge in [0.05, 0.1) is 10.7 Å². The highest BCUT2D eigenvalue weighted by Crippen LogP contribution is 2.22. The van der Waals surface area contributed by atoms with Crippen LogP contribution < -0.4 is 5.32 Å². The van der Waals surface area contributed by atoms with E-state index in [1.54, 1.807) is 0 Å². The average molecular weight is 234 g/mol. The minimum atomic E-state index is -0.429. The van der Waals surface area contributed by atoms with Crippen LogP contribution in [0.1, 0.15) is 6.42 Å². The van der Waals surface area contributed by atoms with Gasteiger partial charge in [-0.05, 0) is 24.0 Å². The highest BCUT2D eigenvalue weighted by atomic mass is 35.5. The highest BCUT2D eigenvalue weighted by molar-refractivity contribution is 7.80. The van der Waals surface area contributed by atoms with Crippen molar-refractivity contribution >= 4 is 35.8 Å². The third-order valence-corrected chi connectivity index (χ3v) is 2.08. The molecule has 0 aliphatic carbocycles. The van der Waals surface area contributed by atoms with E-state index < -0.39 is 5.82 Å². The summed E-state index contributed by atoms with van der Waals surface area (Å²) in [4.78, 5) is 11.1. The van der Waals surface area contributed by atoms with Gasteiger partial charge >= 0.3 is 0 Å². The molecule has 0 heterocycles. The zero-order valence-electron chi connectivity index (χ0n) is 7.26. The second kappa shape index (κ2) is 5.22. The van der Waals surface area contributed by atoms with Crippen LogP contribution in [0.3, 0.4) is 0 Å². The largest absolute Gasteiger partial charge is 0.325 e. The maximum Gasteiger partial charge on any atom is 0.225 e. The van der Waals surface area contributed by atoms with E-state index >= 15 is 0 Å². The van der Waals surface area contributed by atoms with E-state index in [4.69, 9.17) is 11.6 Å². The molecule has 1 aromatic carbocycles. The summed E-state index contributed by atoms with van der Waals surface area (Å²) in [6.45, 7) is 0. The van der Waals surface area contributed by atoms with Crippen LogP contribution in [0.25, 0.3) is 0 Å². The van der Waals surface area contributed by atoms with E-state index in [9.17, 15) is 9.18 Å². The van der Waals surface area contributed by atoms with Crippen LogP contribution in [0.15, 0.2) is 18.2 Å². The summed E-state index contributed by atoms with van der Waals surface area (Å²) >= 11 is 9.61. The van der Waals surface area contributed by atoms with Crippen molar-refractivity contribution in [3.05, 3.63) is 29.0 Å². The molecule has 0 spiro atoms. The van der Waals surface area contributed by atoms with Gasteiger partial charge in [0, 0.05) is 6.42 Å². The lowest BCUT2D eigenvalue weighted by molar-refractivity contribution is -0.115. The minimum Gasteiger partial charge on any atom is -0.325 e. The number of carbonyl (C=O) groups excluding carboxylic acids is 1. The standard InChI is InChI=1S/C9H9ClFNOS/c10-7-5-6(11)1-2-8(7)12-9(13)3-4-14/h1-2,5,14H,3-4H2,(H,12,13). The predicted molar refractivity (Wildman–Crippen MR) is 58.5 cm³/mol. The van der Waals surface area contributed by atoms with Crippen LogP contribution >= 0.6 is 24.2 Å². The van der Waals surface area contributed by atoms with Gasteiger partial charge in [0.15, 0.2) is 0 Å². The molecule has 76 valence electrons. The molecule has 0 saturated carbocycles. The first kappa shape index (κ1) is 11.3. The van der Waals surface area contributed by atoms with E-state index in [2.05, 4.69) is 17.9 Å². The van der Waals surface area contributed by atoms with Crippen molar-refractivity contribution in [2.45, 2.75) is 6.42 Å². The molecule has 0 aromatic heterocycles. The Balaban J connectivity index is 2.72. The summed E-state index contributed by atoms with van der Waals surface area (Å²) in [5.74, 6) is -0.152. The number of carbonyl (C=O) groups is 1. The molecule has 0 atom stereocenters. The zero-order chi connectivity index (χ0) is 10.6.